The minimum Gasteiger partial charge on any atom is -0.502 e. The van der Waals surface area contributed by atoms with Crippen molar-refractivity contribution in [2.75, 3.05) is 52.9 Å². The van der Waals surface area contributed by atoms with E-state index in [9.17, 15) is 0 Å². The normalized spacial score (nSPS) is 17.1. The summed E-state index contributed by atoms with van der Waals surface area (Å²) in [6, 6.07) is 0. The van der Waals surface area contributed by atoms with Crippen molar-refractivity contribution in [2.24, 2.45) is 0 Å². The lowest BCUT2D eigenvalue weighted by Crippen LogP contribution is -2.23. The van der Waals surface area contributed by atoms with Crippen molar-refractivity contribution in [3.8, 4) is 24.7 Å². The lowest BCUT2D eigenvalue weighted by atomic mass is 10.2. The topological polar surface area (TPSA) is 66.4 Å². The van der Waals surface area contributed by atoms with Crippen molar-refractivity contribution < 1.29 is 28.8 Å². The fraction of sp³-hybridized carbons (Fsp3) is 0.714. The van der Waals surface area contributed by atoms with Crippen molar-refractivity contribution in [1.29, 1.82) is 1.28 Å². The number of ether oxygens (including phenoxy) is 5. The van der Waals surface area contributed by atoms with Crippen molar-refractivity contribution in [3.63, 3.8) is 0 Å². The van der Waals surface area contributed by atoms with Crippen LogP contribution >= 0.6 is 15.9 Å². The zero-order valence-electron chi connectivity index (χ0n) is 18.0. The van der Waals surface area contributed by atoms with Gasteiger partial charge in [-0.3, -0.25) is 0 Å². The van der Waals surface area contributed by atoms with E-state index in [0.717, 1.165) is 26.1 Å². The fourth-order valence-electron chi connectivity index (χ4n) is 1.90. The zero-order chi connectivity index (χ0) is 22.7. The van der Waals surface area contributed by atoms with Gasteiger partial charge in [0.25, 0.3) is 0 Å². The van der Waals surface area contributed by atoms with Gasteiger partial charge in [0.2, 0.25) is 0 Å². The molecule has 0 radical (unpaired) electrons. The molecule has 2 rings (SSSR count). The van der Waals surface area contributed by atoms with Gasteiger partial charge in [-0.25, -0.2) is 0 Å². The van der Waals surface area contributed by atoms with E-state index < -0.39 is 6.99 Å². The highest BCUT2D eigenvalue weighted by molar-refractivity contribution is 8.24. The van der Waals surface area contributed by atoms with Gasteiger partial charge in [-0.1, -0.05) is 19.3 Å². The van der Waals surface area contributed by atoms with Gasteiger partial charge < -0.3 is 28.8 Å². The molecule has 1 fully saturated rings. The van der Waals surface area contributed by atoms with Gasteiger partial charge in [0.15, 0.2) is 25.1 Å². The minimum atomic E-state index is -0.870. The van der Waals surface area contributed by atoms with E-state index in [0.29, 0.717) is 33.0 Å². The standard InChI is InChI=1S/C10H16O3.C5H8O2.C5H8O.CH4.H2P2S/c1-2-6-11-8-9-13-10-5-3-4-7-12-10;1-2-4-7-5-3-6;1-2-4-6-5-3-1;;1-2-3/h1,10H,3-9H2;1,6H,3-5H2;2,4H,1,3,5H2;1H4;1H2/p+1/i/hT. The Labute approximate surface area is 193 Å². The highest BCUT2D eigenvalue weighted by Crippen LogP contribution is 2.13. The van der Waals surface area contributed by atoms with Crippen LogP contribution in [0.2, 0.25) is 0 Å². The number of aliphatic hydroxyl groups is 1. The summed E-state index contributed by atoms with van der Waals surface area (Å²) in [6.45, 7) is 2.99. The van der Waals surface area contributed by atoms with E-state index in [-0.39, 0.29) is 20.3 Å². The summed E-state index contributed by atoms with van der Waals surface area (Å²) >= 11 is 4.31. The summed E-state index contributed by atoms with van der Waals surface area (Å²) in [4.78, 5) is 0. The van der Waals surface area contributed by atoms with Gasteiger partial charge >= 0.3 is 1.28 Å². The maximum absolute atomic E-state index is 8.10. The summed E-state index contributed by atoms with van der Waals surface area (Å²) in [5.74, 6) is 4.67. The predicted molar refractivity (Wildman–Crippen MR) is 132 cm³/mol. The molecule has 174 valence electrons. The van der Waals surface area contributed by atoms with Gasteiger partial charge in [0, 0.05) is 6.61 Å². The first-order chi connectivity index (χ1) is 14.6. The Bertz CT molecular complexity index is 479. The molecule has 0 aromatic heterocycles. The molecule has 3 atom stereocenters. The molecular formula is C21H39O6P2S+. The average Bonchev–Trinajstić information content (AvgIpc) is 2.76. The van der Waals surface area contributed by atoms with Crippen LogP contribution in [0, 0.1) is 24.7 Å². The lowest BCUT2D eigenvalue weighted by molar-refractivity contribution is -0.168. The first-order valence-electron chi connectivity index (χ1n) is 9.87. The molecule has 2 heterocycles. The second kappa shape index (κ2) is 33.1. The third-order valence-electron chi connectivity index (χ3n) is 3.10. The molecule has 9 heteroatoms. The Morgan fingerprint density at radius 2 is 1.83 bits per heavy atom. The fourth-order valence-corrected chi connectivity index (χ4v) is 1.90. The monoisotopic (exact) mass is 483 g/mol. The molecule has 0 aliphatic carbocycles. The smallest absolute Gasteiger partial charge is 0.355 e. The summed E-state index contributed by atoms with van der Waals surface area (Å²) < 4.78 is 31.8. The van der Waals surface area contributed by atoms with Gasteiger partial charge in [0.1, 0.15) is 13.2 Å². The maximum atomic E-state index is 8.10. The molecule has 0 bridgehead atoms. The van der Waals surface area contributed by atoms with Gasteiger partial charge in [0.05, 0.1) is 48.2 Å². The van der Waals surface area contributed by atoms with E-state index in [4.69, 9.17) is 38.2 Å². The molecule has 1 N–H and O–H groups in total. The number of hydrogen-bond donors (Lipinski definition) is 1. The van der Waals surface area contributed by atoms with Crippen molar-refractivity contribution in [3.05, 3.63) is 12.3 Å². The summed E-state index contributed by atoms with van der Waals surface area (Å²) in [5, 5.41) is 8.10. The Morgan fingerprint density at radius 3 is 2.23 bits per heavy atom. The third kappa shape index (κ3) is 32.1. The van der Waals surface area contributed by atoms with E-state index in [1.807, 2.05) is 6.08 Å². The van der Waals surface area contributed by atoms with Crippen LogP contribution in [0.4, 0.5) is 0 Å². The quantitative estimate of drug-likeness (QED) is 0.321. The molecule has 0 saturated carbocycles. The SMILES string of the molecule is C.C#CCOCCO.C#CCOCCOC1CCCCO1.C1=COCCC1.[3H][P+](P)=S. The first kappa shape index (κ1) is 31.6. The van der Waals surface area contributed by atoms with E-state index in [1.165, 1.54) is 19.3 Å². The van der Waals surface area contributed by atoms with E-state index in [2.05, 4.69) is 37.3 Å². The van der Waals surface area contributed by atoms with Gasteiger partial charge in [-0.2, -0.15) is 0 Å². The highest BCUT2D eigenvalue weighted by Gasteiger charge is 2.13. The molecular weight excluding hydrogens is 442 g/mol. The first-order valence-corrected chi connectivity index (χ1v) is 12.9. The molecule has 30 heavy (non-hydrogen) atoms. The van der Waals surface area contributed by atoms with E-state index >= 15 is 0 Å². The Hall–Kier alpha value is -0.590. The highest BCUT2D eigenvalue weighted by atomic mass is 32.6. The predicted octanol–water partition coefficient (Wildman–Crippen LogP) is 3.67. The maximum Gasteiger partial charge on any atom is 0.355 e. The Kier molecular flexibility index (Phi) is 34.8. The number of rotatable bonds is 8. The summed E-state index contributed by atoms with van der Waals surface area (Å²) in [7, 11) is 2.20. The molecule has 0 amide bonds. The molecule has 2 aliphatic rings. The minimum absolute atomic E-state index is 0. The Balaban J connectivity index is -0.000000371. The van der Waals surface area contributed by atoms with Crippen LogP contribution in [0.25, 0.3) is 0 Å². The average molecular weight is 484 g/mol. The number of allylic oxidation sites excluding steroid dienone is 1. The third-order valence-corrected chi connectivity index (χ3v) is 3.10. The molecule has 1 saturated heterocycles. The zero-order valence-corrected chi connectivity index (χ0v) is 19.9. The van der Waals surface area contributed by atoms with Crippen molar-refractivity contribution in [2.45, 2.75) is 45.8 Å². The van der Waals surface area contributed by atoms with Crippen LogP contribution in [-0.2, 0) is 35.5 Å². The lowest BCUT2D eigenvalue weighted by Gasteiger charge is -2.22. The summed E-state index contributed by atoms with van der Waals surface area (Å²) in [6.07, 6.45) is 19.3. The van der Waals surface area contributed by atoms with E-state index in [1.54, 1.807) is 6.26 Å². The summed E-state index contributed by atoms with van der Waals surface area (Å²) in [5.41, 5.74) is 0. The van der Waals surface area contributed by atoms with Crippen molar-refractivity contribution in [1.82, 2.24) is 0 Å². The number of hydrogen-bond acceptors (Lipinski definition) is 7. The van der Waals surface area contributed by atoms with Crippen LogP contribution in [0.1, 0.15) is 39.5 Å². The van der Waals surface area contributed by atoms with Gasteiger partial charge in [-0.05, 0) is 38.2 Å². The molecule has 6 nitrogen and oxygen atoms in total. The Morgan fingerprint density at radius 1 is 1.17 bits per heavy atom. The van der Waals surface area contributed by atoms with Crippen molar-refractivity contribution >= 4 is 27.7 Å². The number of aliphatic hydroxyl groups excluding tert-OH is 1. The largest absolute Gasteiger partial charge is 0.502 e. The van der Waals surface area contributed by atoms with Crippen LogP contribution < -0.4 is 0 Å². The molecule has 2 aliphatic heterocycles. The molecule has 0 aromatic carbocycles. The second-order valence-electron chi connectivity index (χ2n) is 5.39. The second-order valence-corrected chi connectivity index (χ2v) is 8.13. The van der Waals surface area contributed by atoms with Crippen LogP contribution in [0.5, 0.6) is 0 Å². The van der Waals surface area contributed by atoms with Crippen LogP contribution in [0.15, 0.2) is 12.3 Å². The van der Waals surface area contributed by atoms with Gasteiger partial charge in [-0.15, -0.1) is 12.8 Å². The van der Waals surface area contributed by atoms with Crippen LogP contribution in [0.3, 0.4) is 0 Å². The molecule has 0 aromatic rings. The number of terminal acetylenes is 2. The molecule has 0 spiro atoms. The van der Waals surface area contributed by atoms with Crippen LogP contribution in [-0.4, -0.2) is 65.5 Å². The molecule has 3 unspecified atom stereocenters.